The fourth-order valence-corrected chi connectivity index (χ4v) is 3.70. The SMILES string of the molecule is CN1CCN(CCNC(=O)Nc2nc3ccc(S)cc3s2)CC1. The van der Waals surface area contributed by atoms with Gasteiger partial charge >= 0.3 is 6.03 Å². The Morgan fingerprint density at radius 2 is 2.13 bits per heavy atom. The maximum Gasteiger partial charge on any atom is 0.321 e. The van der Waals surface area contributed by atoms with Gasteiger partial charge in [-0.15, -0.1) is 12.6 Å². The summed E-state index contributed by atoms with van der Waals surface area (Å²) in [5.41, 5.74) is 0.875. The Labute approximate surface area is 145 Å². The Kier molecular flexibility index (Phi) is 5.37. The van der Waals surface area contributed by atoms with E-state index in [2.05, 4.69) is 45.1 Å². The zero-order valence-corrected chi connectivity index (χ0v) is 14.8. The van der Waals surface area contributed by atoms with Gasteiger partial charge in [-0.25, -0.2) is 9.78 Å². The molecular weight excluding hydrogens is 330 g/mol. The maximum atomic E-state index is 12.0. The number of aromatic nitrogens is 1. The van der Waals surface area contributed by atoms with Gasteiger partial charge in [-0.3, -0.25) is 10.2 Å². The fourth-order valence-electron chi connectivity index (χ4n) is 2.51. The minimum Gasteiger partial charge on any atom is -0.337 e. The van der Waals surface area contributed by atoms with Gasteiger partial charge in [0.25, 0.3) is 0 Å². The van der Waals surface area contributed by atoms with Crippen molar-refractivity contribution in [2.24, 2.45) is 0 Å². The van der Waals surface area contributed by atoms with Crippen LogP contribution in [0, 0.1) is 0 Å². The molecule has 0 radical (unpaired) electrons. The van der Waals surface area contributed by atoms with E-state index in [9.17, 15) is 4.79 Å². The summed E-state index contributed by atoms with van der Waals surface area (Å²) in [5.74, 6) is 0. The van der Waals surface area contributed by atoms with Crippen molar-refractivity contribution in [3.8, 4) is 0 Å². The number of thiazole rings is 1. The van der Waals surface area contributed by atoms with Crippen LogP contribution in [0.1, 0.15) is 0 Å². The summed E-state index contributed by atoms with van der Waals surface area (Å²) in [6, 6.07) is 5.55. The van der Waals surface area contributed by atoms with E-state index in [-0.39, 0.29) is 6.03 Å². The fraction of sp³-hybridized carbons (Fsp3) is 0.467. The standard InChI is InChI=1S/C15H21N5OS2/c1-19-6-8-20(9-7-19)5-4-16-14(21)18-15-17-12-3-2-11(22)10-13(12)23-15/h2-3,10,22H,4-9H2,1H3,(H2,16,17,18,21). The topological polar surface area (TPSA) is 60.5 Å². The normalized spacial score (nSPS) is 16.6. The van der Waals surface area contributed by atoms with Gasteiger partial charge in [-0.2, -0.15) is 0 Å². The van der Waals surface area contributed by atoms with Gasteiger partial charge in [0, 0.05) is 44.2 Å². The zero-order valence-electron chi connectivity index (χ0n) is 13.1. The van der Waals surface area contributed by atoms with Crippen LogP contribution in [0.25, 0.3) is 10.2 Å². The quantitative estimate of drug-likeness (QED) is 0.737. The molecule has 1 aliphatic rings. The van der Waals surface area contributed by atoms with Crippen molar-refractivity contribution in [3.63, 3.8) is 0 Å². The second kappa shape index (κ2) is 7.48. The van der Waals surface area contributed by atoms with Crippen molar-refractivity contribution in [2.45, 2.75) is 4.90 Å². The third kappa shape index (κ3) is 4.57. The molecule has 6 nitrogen and oxygen atoms in total. The lowest BCUT2D eigenvalue weighted by Crippen LogP contribution is -2.47. The smallest absolute Gasteiger partial charge is 0.321 e. The number of piperazine rings is 1. The first kappa shape index (κ1) is 16.5. The van der Waals surface area contributed by atoms with Crippen LogP contribution in [-0.4, -0.2) is 67.1 Å². The van der Waals surface area contributed by atoms with Crippen LogP contribution in [0.5, 0.6) is 0 Å². The van der Waals surface area contributed by atoms with E-state index in [1.54, 1.807) is 0 Å². The van der Waals surface area contributed by atoms with Crippen molar-refractivity contribution in [3.05, 3.63) is 18.2 Å². The number of likely N-dealkylation sites (N-methyl/N-ethyl adjacent to an activating group) is 1. The molecule has 0 spiro atoms. The largest absolute Gasteiger partial charge is 0.337 e. The molecule has 0 saturated carbocycles. The molecule has 0 bridgehead atoms. The number of hydrogen-bond acceptors (Lipinski definition) is 6. The van der Waals surface area contributed by atoms with E-state index in [1.165, 1.54) is 11.3 Å². The number of anilines is 1. The molecule has 2 aromatic rings. The molecule has 2 heterocycles. The summed E-state index contributed by atoms with van der Waals surface area (Å²) in [7, 11) is 2.14. The number of carbonyl (C=O) groups is 1. The molecule has 124 valence electrons. The summed E-state index contributed by atoms with van der Waals surface area (Å²) >= 11 is 5.77. The lowest BCUT2D eigenvalue weighted by Gasteiger charge is -2.32. The maximum absolute atomic E-state index is 12.0. The molecule has 1 aliphatic heterocycles. The van der Waals surface area contributed by atoms with Crippen molar-refractivity contribution in [2.75, 3.05) is 51.6 Å². The number of thiol groups is 1. The molecule has 2 amide bonds. The van der Waals surface area contributed by atoms with Crippen molar-refractivity contribution in [1.82, 2.24) is 20.1 Å². The van der Waals surface area contributed by atoms with Crippen molar-refractivity contribution in [1.29, 1.82) is 0 Å². The Morgan fingerprint density at radius 3 is 2.91 bits per heavy atom. The van der Waals surface area contributed by atoms with Crippen molar-refractivity contribution >= 4 is 45.3 Å². The molecule has 0 atom stereocenters. The zero-order chi connectivity index (χ0) is 16.2. The highest BCUT2D eigenvalue weighted by molar-refractivity contribution is 7.80. The van der Waals surface area contributed by atoms with Gasteiger partial charge in [0.1, 0.15) is 0 Å². The van der Waals surface area contributed by atoms with Gasteiger partial charge in [0.2, 0.25) is 0 Å². The van der Waals surface area contributed by atoms with Crippen LogP contribution in [0.15, 0.2) is 23.1 Å². The molecule has 1 aromatic carbocycles. The van der Waals surface area contributed by atoms with Gasteiger partial charge in [0.05, 0.1) is 10.2 Å². The average Bonchev–Trinajstić information content (AvgIpc) is 2.90. The molecular formula is C15H21N5OS2. The third-order valence-electron chi connectivity index (χ3n) is 3.90. The third-order valence-corrected chi connectivity index (χ3v) is 5.11. The highest BCUT2D eigenvalue weighted by Crippen LogP contribution is 2.27. The summed E-state index contributed by atoms with van der Waals surface area (Å²) in [6.07, 6.45) is 0. The molecule has 0 unspecified atom stereocenters. The van der Waals surface area contributed by atoms with E-state index in [0.717, 1.165) is 47.8 Å². The van der Waals surface area contributed by atoms with Crippen LogP contribution in [0.4, 0.5) is 9.93 Å². The van der Waals surface area contributed by atoms with E-state index in [4.69, 9.17) is 0 Å². The van der Waals surface area contributed by atoms with Gasteiger partial charge in [-0.05, 0) is 25.2 Å². The van der Waals surface area contributed by atoms with Crippen LogP contribution in [0.3, 0.4) is 0 Å². The molecule has 1 saturated heterocycles. The first-order chi connectivity index (χ1) is 11.1. The highest BCUT2D eigenvalue weighted by atomic mass is 32.1. The van der Waals surface area contributed by atoms with Crippen LogP contribution in [-0.2, 0) is 0 Å². The average molecular weight is 352 g/mol. The predicted molar refractivity (Wildman–Crippen MR) is 97.8 cm³/mol. The molecule has 23 heavy (non-hydrogen) atoms. The summed E-state index contributed by atoms with van der Waals surface area (Å²) in [5, 5.41) is 6.30. The Bertz CT molecular complexity index is 682. The second-order valence-corrected chi connectivity index (χ2v) is 7.24. The highest BCUT2D eigenvalue weighted by Gasteiger charge is 2.13. The number of hydrogen-bond donors (Lipinski definition) is 3. The van der Waals surface area contributed by atoms with E-state index >= 15 is 0 Å². The van der Waals surface area contributed by atoms with Gasteiger partial charge in [-0.1, -0.05) is 11.3 Å². The van der Waals surface area contributed by atoms with Crippen molar-refractivity contribution < 1.29 is 4.79 Å². The molecule has 1 fully saturated rings. The number of amides is 2. The lowest BCUT2D eigenvalue weighted by atomic mass is 10.3. The number of carbonyl (C=O) groups excluding carboxylic acids is 1. The molecule has 3 rings (SSSR count). The van der Waals surface area contributed by atoms with E-state index < -0.39 is 0 Å². The number of rotatable bonds is 4. The number of nitrogens with one attached hydrogen (secondary N) is 2. The molecule has 8 heteroatoms. The number of fused-ring (bicyclic) bond motifs is 1. The monoisotopic (exact) mass is 351 g/mol. The lowest BCUT2D eigenvalue weighted by molar-refractivity contribution is 0.155. The Balaban J connectivity index is 1.45. The Hall–Kier alpha value is -1.35. The van der Waals surface area contributed by atoms with Crippen LogP contribution >= 0.6 is 24.0 Å². The van der Waals surface area contributed by atoms with Gasteiger partial charge < -0.3 is 10.2 Å². The summed E-state index contributed by atoms with van der Waals surface area (Å²) in [6.45, 7) is 5.81. The molecule has 2 N–H and O–H groups in total. The van der Waals surface area contributed by atoms with Crippen LogP contribution < -0.4 is 10.6 Å². The Morgan fingerprint density at radius 1 is 1.35 bits per heavy atom. The predicted octanol–water partition coefficient (Wildman–Crippen LogP) is 1.95. The minimum atomic E-state index is -0.204. The van der Waals surface area contributed by atoms with E-state index in [1.807, 2.05) is 18.2 Å². The number of urea groups is 1. The van der Waals surface area contributed by atoms with Gasteiger partial charge in [0.15, 0.2) is 5.13 Å². The second-order valence-electron chi connectivity index (χ2n) is 5.70. The van der Waals surface area contributed by atoms with Crippen LogP contribution in [0.2, 0.25) is 0 Å². The summed E-state index contributed by atoms with van der Waals surface area (Å²) < 4.78 is 1.02. The van der Waals surface area contributed by atoms with E-state index in [0.29, 0.717) is 11.7 Å². The number of benzene rings is 1. The minimum absolute atomic E-state index is 0.204. The summed E-state index contributed by atoms with van der Waals surface area (Å²) in [4.78, 5) is 21.9. The molecule has 0 aliphatic carbocycles. The molecule has 1 aromatic heterocycles. The first-order valence-electron chi connectivity index (χ1n) is 7.65. The first-order valence-corrected chi connectivity index (χ1v) is 8.92. The number of nitrogens with zero attached hydrogens (tertiary/aromatic N) is 3.